The fourth-order valence-electron chi connectivity index (χ4n) is 2.40. The molecule has 3 heterocycles. The van der Waals surface area contributed by atoms with Crippen LogP contribution in [0.1, 0.15) is 28.9 Å². The lowest BCUT2D eigenvalue weighted by Gasteiger charge is -2.08. The van der Waals surface area contributed by atoms with Crippen LogP contribution in [0.15, 0.2) is 34.4 Å². The molecular formula is C18H17N3O6. The van der Waals surface area contributed by atoms with Gasteiger partial charge in [-0.15, -0.1) is 0 Å². The Morgan fingerprint density at radius 1 is 1.22 bits per heavy atom. The van der Waals surface area contributed by atoms with Crippen LogP contribution >= 0.6 is 0 Å². The third kappa shape index (κ3) is 3.57. The van der Waals surface area contributed by atoms with Crippen LogP contribution in [0.5, 0.6) is 0 Å². The van der Waals surface area contributed by atoms with Gasteiger partial charge in [0.25, 0.3) is 0 Å². The minimum atomic E-state index is -0.763. The van der Waals surface area contributed by atoms with Crippen LogP contribution in [-0.2, 0) is 19.0 Å². The quantitative estimate of drug-likeness (QED) is 0.732. The number of rotatable bonds is 5. The molecule has 9 nitrogen and oxygen atoms in total. The third-order valence-electron chi connectivity index (χ3n) is 3.76. The number of aromatic nitrogens is 2. The van der Waals surface area contributed by atoms with E-state index in [0.29, 0.717) is 28.4 Å². The Balaban J connectivity index is 2.09. The van der Waals surface area contributed by atoms with Crippen molar-refractivity contribution in [2.24, 2.45) is 4.99 Å². The summed E-state index contributed by atoms with van der Waals surface area (Å²) in [5, 5.41) is 0. The lowest BCUT2D eigenvalue weighted by atomic mass is 10.1. The van der Waals surface area contributed by atoms with E-state index in [4.69, 9.17) is 13.9 Å². The van der Waals surface area contributed by atoms with Crippen LogP contribution in [-0.4, -0.2) is 54.7 Å². The summed E-state index contributed by atoms with van der Waals surface area (Å²) in [5.74, 6) is -0.572. The van der Waals surface area contributed by atoms with Gasteiger partial charge >= 0.3 is 11.9 Å². The SMILES string of the molecule is C=C(C)c1nc(-c2nc(C(=O)OC)ccc2C2=N[C@H](C(=O)OC)CO2)co1. The number of carbonyl (C=O) groups is 2. The van der Waals surface area contributed by atoms with Crippen molar-refractivity contribution in [3.63, 3.8) is 0 Å². The zero-order chi connectivity index (χ0) is 19.6. The summed E-state index contributed by atoms with van der Waals surface area (Å²) < 4.78 is 20.3. The molecule has 0 saturated heterocycles. The molecule has 1 aliphatic heterocycles. The first-order valence-electron chi connectivity index (χ1n) is 7.94. The number of aliphatic imine (C=N–C) groups is 1. The molecule has 1 aliphatic rings. The van der Waals surface area contributed by atoms with Gasteiger partial charge in [0, 0.05) is 5.57 Å². The van der Waals surface area contributed by atoms with Crippen molar-refractivity contribution in [1.29, 1.82) is 0 Å². The van der Waals surface area contributed by atoms with Crippen LogP contribution in [0.2, 0.25) is 0 Å². The molecule has 140 valence electrons. The standard InChI is InChI=1S/C18H17N3O6/c1-9(2)15-20-12(7-26-15)14-10(5-6-11(19-14)17(22)24-3)16-21-13(8-27-16)18(23)25-4/h5-7,13H,1,8H2,2-4H3/t13-/m0/s1. The minimum Gasteiger partial charge on any atom is -0.474 e. The predicted molar refractivity (Wildman–Crippen MR) is 94.1 cm³/mol. The molecule has 0 spiro atoms. The highest BCUT2D eigenvalue weighted by Gasteiger charge is 2.30. The second-order valence-corrected chi connectivity index (χ2v) is 5.69. The molecular weight excluding hydrogens is 354 g/mol. The molecule has 0 aliphatic carbocycles. The van der Waals surface area contributed by atoms with Gasteiger partial charge in [0.1, 0.15) is 30.0 Å². The molecule has 0 fully saturated rings. The normalized spacial score (nSPS) is 15.7. The largest absolute Gasteiger partial charge is 0.474 e. The van der Waals surface area contributed by atoms with E-state index in [1.54, 1.807) is 13.0 Å². The van der Waals surface area contributed by atoms with E-state index in [1.165, 1.54) is 26.5 Å². The van der Waals surface area contributed by atoms with Gasteiger partial charge in [-0.25, -0.2) is 24.5 Å². The summed E-state index contributed by atoms with van der Waals surface area (Å²) in [6.07, 6.45) is 1.39. The van der Waals surface area contributed by atoms with Crippen LogP contribution < -0.4 is 0 Å². The van der Waals surface area contributed by atoms with Gasteiger partial charge in [-0.1, -0.05) is 6.58 Å². The molecule has 0 N–H and O–H groups in total. The number of methoxy groups -OCH3 is 2. The number of hydrogen-bond donors (Lipinski definition) is 0. The Bertz CT molecular complexity index is 946. The fourth-order valence-corrected chi connectivity index (χ4v) is 2.40. The molecule has 0 radical (unpaired) electrons. The maximum Gasteiger partial charge on any atom is 0.356 e. The molecule has 0 bridgehead atoms. The first-order chi connectivity index (χ1) is 12.9. The van der Waals surface area contributed by atoms with Crippen molar-refractivity contribution in [3.8, 4) is 11.4 Å². The number of esters is 2. The van der Waals surface area contributed by atoms with Gasteiger partial charge in [0.2, 0.25) is 11.8 Å². The van der Waals surface area contributed by atoms with Gasteiger partial charge in [-0.3, -0.25) is 0 Å². The molecule has 2 aromatic heterocycles. The number of carbonyl (C=O) groups excluding carboxylic acids is 2. The molecule has 1 atom stereocenters. The van der Waals surface area contributed by atoms with Crippen molar-refractivity contribution in [2.45, 2.75) is 13.0 Å². The van der Waals surface area contributed by atoms with Crippen molar-refractivity contribution in [1.82, 2.24) is 9.97 Å². The van der Waals surface area contributed by atoms with E-state index in [9.17, 15) is 9.59 Å². The zero-order valence-electron chi connectivity index (χ0n) is 15.0. The van der Waals surface area contributed by atoms with Gasteiger partial charge in [0.05, 0.1) is 19.8 Å². The number of ether oxygens (including phenoxy) is 3. The Morgan fingerprint density at radius 2 is 2.00 bits per heavy atom. The molecule has 9 heteroatoms. The maximum absolute atomic E-state index is 11.9. The second kappa shape index (κ2) is 7.40. The van der Waals surface area contributed by atoms with E-state index < -0.39 is 18.0 Å². The summed E-state index contributed by atoms with van der Waals surface area (Å²) in [4.78, 5) is 36.4. The van der Waals surface area contributed by atoms with Gasteiger partial charge < -0.3 is 18.6 Å². The summed E-state index contributed by atoms with van der Waals surface area (Å²) in [6.45, 7) is 5.58. The minimum absolute atomic E-state index is 0.0516. The highest BCUT2D eigenvalue weighted by molar-refractivity contribution is 6.02. The summed E-state index contributed by atoms with van der Waals surface area (Å²) in [5.41, 5.74) is 1.84. The Kier molecular flexibility index (Phi) is 5.02. The van der Waals surface area contributed by atoms with Gasteiger partial charge in [-0.05, 0) is 19.1 Å². The van der Waals surface area contributed by atoms with E-state index in [1.807, 2.05) is 0 Å². The summed E-state index contributed by atoms with van der Waals surface area (Å²) in [6, 6.07) is 2.31. The van der Waals surface area contributed by atoms with E-state index in [0.717, 1.165) is 0 Å². The third-order valence-corrected chi connectivity index (χ3v) is 3.76. The van der Waals surface area contributed by atoms with Crippen LogP contribution in [0.4, 0.5) is 0 Å². The molecule has 3 rings (SSSR count). The summed E-state index contributed by atoms with van der Waals surface area (Å²) >= 11 is 0. The molecule has 2 aromatic rings. The molecule has 0 aromatic carbocycles. The zero-order valence-corrected chi connectivity index (χ0v) is 15.0. The average molecular weight is 371 g/mol. The van der Waals surface area contributed by atoms with Crippen molar-refractivity contribution >= 4 is 23.4 Å². The lowest BCUT2D eigenvalue weighted by Crippen LogP contribution is -2.21. The van der Waals surface area contributed by atoms with E-state index >= 15 is 0 Å². The van der Waals surface area contributed by atoms with Gasteiger partial charge in [-0.2, -0.15) is 0 Å². The average Bonchev–Trinajstić information content (AvgIpc) is 3.36. The van der Waals surface area contributed by atoms with Crippen molar-refractivity contribution < 1.29 is 28.2 Å². The van der Waals surface area contributed by atoms with Crippen LogP contribution in [0, 0.1) is 0 Å². The van der Waals surface area contributed by atoms with Gasteiger partial charge in [0.15, 0.2) is 6.04 Å². The highest BCUT2D eigenvalue weighted by Crippen LogP contribution is 2.26. The Morgan fingerprint density at radius 3 is 2.63 bits per heavy atom. The lowest BCUT2D eigenvalue weighted by molar-refractivity contribution is -0.142. The Labute approximate surface area is 154 Å². The smallest absolute Gasteiger partial charge is 0.356 e. The highest BCUT2D eigenvalue weighted by atomic mass is 16.5. The van der Waals surface area contributed by atoms with Crippen LogP contribution in [0.25, 0.3) is 17.0 Å². The molecule has 0 unspecified atom stereocenters. The number of allylic oxidation sites excluding steroid dienone is 1. The maximum atomic E-state index is 11.9. The first-order valence-corrected chi connectivity index (χ1v) is 7.94. The van der Waals surface area contributed by atoms with E-state index in [2.05, 4.69) is 26.3 Å². The van der Waals surface area contributed by atoms with Crippen LogP contribution in [0.3, 0.4) is 0 Å². The van der Waals surface area contributed by atoms with Crippen molar-refractivity contribution in [3.05, 3.63) is 42.1 Å². The number of hydrogen-bond acceptors (Lipinski definition) is 9. The number of nitrogens with zero attached hydrogens (tertiary/aromatic N) is 3. The monoisotopic (exact) mass is 371 g/mol. The predicted octanol–water partition coefficient (Wildman–Crippen LogP) is 1.87. The number of oxazole rings is 1. The van der Waals surface area contributed by atoms with E-state index in [-0.39, 0.29) is 18.2 Å². The Hall–Kier alpha value is -3.49. The summed E-state index contributed by atoms with van der Waals surface area (Å²) in [7, 11) is 2.54. The number of pyridine rings is 1. The van der Waals surface area contributed by atoms with Crippen molar-refractivity contribution in [2.75, 3.05) is 20.8 Å². The molecule has 0 saturated carbocycles. The fraction of sp³-hybridized carbons (Fsp3) is 0.278. The first kappa shape index (κ1) is 18.3. The second-order valence-electron chi connectivity index (χ2n) is 5.69. The molecule has 27 heavy (non-hydrogen) atoms. The molecule has 0 amide bonds. The topological polar surface area (TPSA) is 113 Å².